The fraction of sp³-hybridized carbons (Fsp3) is 0.667. The summed E-state index contributed by atoms with van der Waals surface area (Å²) < 4.78 is 10.4. The molecule has 1 aliphatic rings. The van der Waals surface area contributed by atoms with E-state index >= 15 is 0 Å². The molecule has 1 aromatic rings. The first kappa shape index (κ1) is 15.5. The maximum Gasteiger partial charge on any atom is 0.308 e. The van der Waals surface area contributed by atoms with E-state index in [4.69, 9.17) is 9.47 Å². The van der Waals surface area contributed by atoms with Gasteiger partial charge < -0.3 is 14.8 Å². The highest BCUT2D eigenvalue weighted by Gasteiger charge is 2.26. The molecule has 6 heteroatoms. The zero-order chi connectivity index (χ0) is 15.2. The molecule has 1 N–H and O–H groups in total. The zero-order valence-corrected chi connectivity index (χ0v) is 12.8. The van der Waals surface area contributed by atoms with Crippen molar-refractivity contribution in [1.82, 2.24) is 9.97 Å². The van der Waals surface area contributed by atoms with Gasteiger partial charge in [0.15, 0.2) is 0 Å². The molecule has 0 aliphatic heterocycles. The van der Waals surface area contributed by atoms with Gasteiger partial charge in [-0.05, 0) is 39.5 Å². The van der Waals surface area contributed by atoms with Crippen molar-refractivity contribution in [2.75, 3.05) is 12.4 Å². The van der Waals surface area contributed by atoms with Crippen molar-refractivity contribution in [3.8, 4) is 5.88 Å². The molecule has 0 unspecified atom stereocenters. The number of ether oxygens (including phenoxy) is 2. The van der Waals surface area contributed by atoms with Gasteiger partial charge in [0, 0.05) is 12.1 Å². The molecule has 1 heterocycles. The van der Waals surface area contributed by atoms with Gasteiger partial charge in [0.2, 0.25) is 5.88 Å². The van der Waals surface area contributed by atoms with Gasteiger partial charge in [0.25, 0.3) is 0 Å². The molecule has 0 aromatic carbocycles. The first-order valence-electron chi connectivity index (χ1n) is 7.41. The van der Waals surface area contributed by atoms with Crippen molar-refractivity contribution in [2.24, 2.45) is 5.92 Å². The van der Waals surface area contributed by atoms with Gasteiger partial charge in [-0.3, -0.25) is 4.79 Å². The number of hydrogen-bond acceptors (Lipinski definition) is 6. The summed E-state index contributed by atoms with van der Waals surface area (Å²) in [7, 11) is 1.45. The van der Waals surface area contributed by atoms with Crippen molar-refractivity contribution in [3.05, 3.63) is 12.4 Å². The number of rotatable bonds is 5. The Kier molecular flexibility index (Phi) is 5.36. The fourth-order valence-electron chi connectivity index (χ4n) is 2.57. The van der Waals surface area contributed by atoms with Gasteiger partial charge in [0.1, 0.15) is 12.1 Å². The van der Waals surface area contributed by atoms with Crippen LogP contribution in [0.5, 0.6) is 5.88 Å². The average molecular weight is 293 g/mol. The van der Waals surface area contributed by atoms with Crippen LogP contribution < -0.4 is 10.1 Å². The summed E-state index contributed by atoms with van der Waals surface area (Å²) in [6, 6.07) is 2.14. The summed E-state index contributed by atoms with van der Waals surface area (Å²) in [6.45, 7) is 3.92. The van der Waals surface area contributed by atoms with E-state index in [2.05, 4.69) is 15.3 Å². The van der Waals surface area contributed by atoms with E-state index < -0.39 is 0 Å². The van der Waals surface area contributed by atoms with Crippen molar-refractivity contribution in [1.29, 1.82) is 0 Å². The third-order valence-corrected chi connectivity index (χ3v) is 3.61. The van der Waals surface area contributed by atoms with E-state index in [9.17, 15) is 4.79 Å². The van der Waals surface area contributed by atoms with Gasteiger partial charge in [0.05, 0.1) is 19.1 Å². The second-order valence-corrected chi connectivity index (χ2v) is 5.62. The van der Waals surface area contributed by atoms with Gasteiger partial charge in [-0.15, -0.1) is 0 Å². The standard InChI is InChI=1S/C15H23N3O3/c1-10(2)21-14-8-13(16-9-17-14)18-12-6-4-11(5-7-12)15(19)20-3/h8-12H,4-7H2,1-3H3,(H,16,17,18). The lowest BCUT2D eigenvalue weighted by atomic mass is 9.86. The summed E-state index contributed by atoms with van der Waals surface area (Å²) in [5.74, 6) is 1.29. The number of aromatic nitrogens is 2. The van der Waals surface area contributed by atoms with Crippen LogP contribution in [0.4, 0.5) is 5.82 Å². The van der Waals surface area contributed by atoms with E-state index in [0.29, 0.717) is 11.9 Å². The Balaban J connectivity index is 1.87. The Labute approximate surface area is 125 Å². The quantitative estimate of drug-likeness (QED) is 0.840. The molecule has 0 spiro atoms. The Bertz CT molecular complexity index is 471. The Hall–Kier alpha value is -1.85. The van der Waals surface area contributed by atoms with Crippen LogP contribution in [-0.2, 0) is 9.53 Å². The molecular weight excluding hydrogens is 270 g/mol. The third-order valence-electron chi connectivity index (χ3n) is 3.61. The Morgan fingerprint density at radius 1 is 1.29 bits per heavy atom. The van der Waals surface area contributed by atoms with Crippen LogP contribution in [0.2, 0.25) is 0 Å². The van der Waals surface area contributed by atoms with Crippen molar-refractivity contribution in [3.63, 3.8) is 0 Å². The minimum Gasteiger partial charge on any atom is -0.475 e. The van der Waals surface area contributed by atoms with E-state index in [1.165, 1.54) is 13.4 Å². The SMILES string of the molecule is COC(=O)C1CCC(Nc2cc(OC(C)C)ncn2)CC1. The zero-order valence-electron chi connectivity index (χ0n) is 12.8. The molecule has 0 bridgehead atoms. The van der Waals surface area contributed by atoms with E-state index in [0.717, 1.165) is 31.5 Å². The van der Waals surface area contributed by atoms with Crippen LogP contribution in [0.1, 0.15) is 39.5 Å². The smallest absolute Gasteiger partial charge is 0.308 e. The lowest BCUT2D eigenvalue weighted by molar-refractivity contribution is -0.146. The van der Waals surface area contributed by atoms with Crippen molar-refractivity contribution in [2.45, 2.75) is 51.7 Å². The molecule has 1 saturated carbocycles. The molecule has 1 aromatic heterocycles. The molecule has 2 rings (SSSR count). The Morgan fingerprint density at radius 2 is 2.00 bits per heavy atom. The maximum absolute atomic E-state index is 11.5. The lowest BCUT2D eigenvalue weighted by Crippen LogP contribution is -2.30. The lowest BCUT2D eigenvalue weighted by Gasteiger charge is -2.27. The molecule has 0 radical (unpaired) electrons. The van der Waals surface area contributed by atoms with Crippen LogP contribution in [0.25, 0.3) is 0 Å². The first-order chi connectivity index (χ1) is 10.1. The first-order valence-corrected chi connectivity index (χ1v) is 7.41. The number of methoxy groups -OCH3 is 1. The number of nitrogens with zero attached hydrogens (tertiary/aromatic N) is 2. The highest BCUT2D eigenvalue weighted by Crippen LogP contribution is 2.27. The number of carbonyl (C=O) groups is 1. The topological polar surface area (TPSA) is 73.3 Å². The molecule has 1 fully saturated rings. The summed E-state index contributed by atoms with van der Waals surface area (Å²) >= 11 is 0. The van der Waals surface area contributed by atoms with Crippen LogP contribution in [-0.4, -0.2) is 35.2 Å². The van der Waals surface area contributed by atoms with E-state index in [-0.39, 0.29) is 18.0 Å². The molecule has 6 nitrogen and oxygen atoms in total. The van der Waals surface area contributed by atoms with Crippen LogP contribution in [0, 0.1) is 5.92 Å². The summed E-state index contributed by atoms with van der Waals surface area (Å²) in [4.78, 5) is 19.8. The number of nitrogens with one attached hydrogen (secondary N) is 1. The predicted molar refractivity (Wildman–Crippen MR) is 79.2 cm³/mol. The molecule has 21 heavy (non-hydrogen) atoms. The second kappa shape index (κ2) is 7.24. The van der Waals surface area contributed by atoms with Crippen LogP contribution >= 0.6 is 0 Å². The second-order valence-electron chi connectivity index (χ2n) is 5.62. The normalized spacial score (nSPS) is 21.9. The van der Waals surface area contributed by atoms with Crippen molar-refractivity contribution >= 4 is 11.8 Å². The molecule has 0 amide bonds. The number of anilines is 1. The molecular formula is C15H23N3O3. The van der Waals surface area contributed by atoms with E-state index in [1.54, 1.807) is 0 Å². The Morgan fingerprint density at radius 3 is 2.62 bits per heavy atom. The maximum atomic E-state index is 11.5. The highest BCUT2D eigenvalue weighted by atomic mass is 16.5. The number of hydrogen-bond donors (Lipinski definition) is 1. The molecule has 0 saturated heterocycles. The molecule has 0 atom stereocenters. The highest BCUT2D eigenvalue weighted by molar-refractivity contribution is 5.72. The van der Waals surface area contributed by atoms with Crippen molar-refractivity contribution < 1.29 is 14.3 Å². The predicted octanol–water partition coefficient (Wildman–Crippen LogP) is 2.41. The van der Waals surface area contributed by atoms with Gasteiger partial charge in [-0.25, -0.2) is 9.97 Å². The molecule has 116 valence electrons. The largest absolute Gasteiger partial charge is 0.475 e. The van der Waals surface area contributed by atoms with Gasteiger partial charge in [-0.2, -0.15) is 0 Å². The van der Waals surface area contributed by atoms with E-state index in [1.807, 2.05) is 19.9 Å². The number of carbonyl (C=O) groups excluding carboxylic acids is 1. The minimum atomic E-state index is -0.0943. The minimum absolute atomic E-state index is 0.0401. The third kappa shape index (κ3) is 4.58. The van der Waals surface area contributed by atoms with Gasteiger partial charge in [-0.1, -0.05) is 0 Å². The summed E-state index contributed by atoms with van der Waals surface area (Å²) in [5, 5.41) is 3.39. The molecule has 1 aliphatic carbocycles. The van der Waals surface area contributed by atoms with Crippen LogP contribution in [0.15, 0.2) is 12.4 Å². The summed E-state index contributed by atoms with van der Waals surface area (Å²) in [6.07, 6.45) is 5.16. The average Bonchev–Trinajstić information content (AvgIpc) is 2.47. The fourth-order valence-corrected chi connectivity index (χ4v) is 2.57. The van der Waals surface area contributed by atoms with Crippen LogP contribution in [0.3, 0.4) is 0 Å². The number of esters is 1. The van der Waals surface area contributed by atoms with Gasteiger partial charge >= 0.3 is 5.97 Å². The summed E-state index contributed by atoms with van der Waals surface area (Å²) in [5.41, 5.74) is 0. The monoisotopic (exact) mass is 293 g/mol.